The summed E-state index contributed by atoms with van der Waals surface area (Å²) in [6, 6.07) is 5.59. The molecule has 1 aliphatic rings. The average molecular weight is 344 g/mol. The van der Waals surface area contributed by atoms with Crippen molar-refractivity contribution < 1.29 is 0 Å². The molecule has 0 radical (unpaired) electrons. The molecule has 7 nitrogen and oxygen atoms in total. The van der Waals surface area contributed by atoms with E-state index in [0.717, 1.165) is 43.8 Å². The van der Waals surface area contributed by atoms with Crippen LogP contribution >= 0.6 is 11.6 Å². The van der Waals surface area contributed by atoms with Crippen LogP contribution in [0.2, 0.25) is 5.02 Å². The van der Waals surface area contributed by atoms with E-state index < -0.39 is 0 Å². The second-order valence-electron chi connectivity index (χ2n) is 5.72. The molecule has 3 heterocycles. The fraction of sp³-hybridized carbons (Fsp3) is 0.375. The van der Waals surface area contributed by atoms with Crippen LogP contribution in [0.4, 0.5) is 17.6 Å². The standard InChI is InChI=1S/C16H18ClN7/c1-22(2)14-3-4-19-16(21-14)24-7-5-23(6-8-24)15-13(17)9-12(10-18)11-20-15/h3-4,9,11H,5-8H2,1-2H3. The maximum atomic E-state index is 8.90. The van der Waals surface area contributed by atoms with Gasteiger partial charge in [-0.15, -0.1) is 0 Å². The summed E-state index contributed by atoms with van der Waals surface area (Å²) in [5.41, 5.74) is 0.469. The van der Waals surface area contributed by atoms with Gasteiger partial charge >= 0.3 is 0 Å². The number of aromatic nitrogens is 3. The van der Waals surface area contributed by atoms with Gasteiger partial charge < -0.3 is 14.7 Å². The minimum Gasteiger partial charge on any atom is -0.363 e. The van der Waals surface area contributed by atoms with Crippen molar-refractivity contribution in [2.75, 3.05) is 55.0 Å². The summed E-state index contributed by atoms with van der Waals surface area (Å²) >= 11 is 6.25. The van der Waals surface area contributed by atoms with Gasteiger partial charge in [-0.1, -0.05) is 11.6 Å². The van der Waals surface area contributed by atoms with Crippen LogP contribution < -0.4 is 14.7 Å². The number of pyridine rings is 1. The molecular weight excluding hydrogens is 326 g/mol. The first-order valence-corrected chi connectivity index (χ1v) is 8.02. The molecule has 1 saturated heterocycles. The van der Waals surface area contributed by atoms with E-state index >= 15 is 0 Å². The highest BCUT2D eigenvalue weighted by Gasteiger charge is 2.22. The van der Waals surface area contributed by atoms with Crippen molar-refractivity contribution >= 4 is 29.2 Å². The zero-order valence-electron chi connectivity index (χ0n) is 13.6. The van der Waals surface area contributed by atoms with Crippen LogP contribution in [0.5, 0.6) is 0 Å². The van der Waals surface area contributed by atoms with Crippen molar-refractivity contribution in [1.29, 1.82) is 5.26 Å². The maximum Gasteiger partial charge on any atom is 0.227 e. The summed E-state index contributed by atoms with van der Waals surface area (Å²) in [4.78, 5) is 19.5. The Labute approximate surface area is 146 Å². The molecule has 0 atom stereocenters. The topological polar surface area (TPSA) is 72.2 Å². The van der Waals surface area contributed by atoms with Crippen LogP contribution in [0, 0.1) is 11.3 Å². The molecule has 0 aliphatic carbocycles. The highest BCUT2D eigenvalue weighted by Crippen LogP contribution is 2.25. The molecule has 0 bridgehead atoms. The van der Waals surface area contributed by atoms with E-state index in [0.29, 0.717) is 10.6 Å². The first-order chi connectivity index (χ1) is 11.6. The molecule has 3 rings (SSSR count). The number of rotatable bonds is 3. The summed E-state index contributed by atoms with van der Waals surface area (Å²) < 4.78 is 0. The zero-order valence-corrected chi connectivity index (χ0v) is 14.4. The van der Waals surface area contributed by atoms with Gasteiger partial charge in [-0.2, -0.15) is 10.2 Å². The average Bonchev–Trinajstić information content (AvgIpc) is 2.62. The van der Waals surface area contributed by atoms with Crippen molar-refractivity contribution in [2.24, 2.45) is 0 Å². The lowest BCUT2D eigenvalue weighted by Crippen LogP contribution is -2.47. The second-order valence-corrected chi connectivity index (χ2v) is 6.13. The third-order valence-electron chi connectivity index (χ3n) is 3.90. The molecule has 0 N–H and O–H groups in total. The van der Waals surface area contributed by atoms with Crippen molar-refractivity contribution in [2.45, 2.75) is 0 Å². The molecule has 0 amide bonds. The summed E-state index contributed by atoms with van der Waals surface area (Å²) in [6.45, 7) is 3.12. The van der Waals surface area contributed by atoms with Gasteiger partial charge in [0.2, 0.25) is 5.95 Å². The molecule has 2 aromatic rings. The number of halogens is 1. The summed E-state index contributed by atoms with van der Waals surface area (Å²) in [5, 5.41) is 9.41. The van der Waals surface area contributed by atoms with E-state index in [4.69, 9.17) is 16.9 Å². The predicted octanol–water partition coefficient (Wildman–Crippen LogP) is 1.79. The van der Waals surface area contributed by atoms with Gasteiger partial charge in [0.05, 0.1) is 10.6 Å². The molecule has 8 heteroatoms. The van der Waals surface area contributed by atoms with Crippen LogP contribution in [0.1, 0.15) is 5.56 Å². The Morgan fingerprint density at radius 3 is 2.50 bits per heavy atom. The third kappa shape index (κ3) is 3.34. The fourth-order valence-corrected chi connectivity index (χ4v) is 2.87. The van der Waals surface area contributed by atoms with E-state index in [9.17, 15) is 0 Å². The first kappa shape index (κ1) is 16.3. The largest absolute Gasteiger partial charge is 0.363 e. The summed E-state index contributed by atoms with van der Waals surface area (Å²) in [7, 11) is 3.92. The van der Waals surface area contributed by atoms with Crippen LogP contribution in [0.3, 0.4) is 0 Å². The van der Waals surface area contributed by atoms with Gasteiger partial charge in [-0.05, 0) is 12.1 Å². The monoisotopic (exact) mass is 343 g/mol. The number of hydrogen-bond donors (Lipinski definition) is 0. The molecule has 0 saturated carbocycles. The Morgan fingerprint density at radius 1 is 1.17 bits per heavy atom. The number of anilines is 3. The quantitative estimate of drug-likeness (QED) is 0.841. The van der Waals surface area contributed by atoms with Gasteiger partial charge in [0.15, 0.2) is 0 Å². The Kier molecular flexibility index (Phi) is 4.67. The Balaban J connectivity index is 1.70. The van der Waals surface area contributed by atoms with E-state index in [1.165, 1.54) is 0 Å². The van der Waals surface area contributed by atoms with Gasteiger partial charge in [0.25, 0.3) is 0 Å². The van der Waals surface area contributed by atoms with Gasteiger partial charge in [0.1, 0.15) is 17.7 Å². The minimum absolute atomic E-state index is 0.469. The summed E-state index contributed by atoms with van der Waals surface area (Å²) in [5.74, 6) is 2.34. The highest BCUT2D eigenvalue weighted by atomic mass is 35.5. The molecule has 124 valence electrons. The van der Waals surface area contributed by atoms with Crippen LogP contribution in [-0.2, 0) is 0 Å². The SMILES string of the molecule is CN(C)c1ccnc(N2CCN(c3ncc(C#N)cc3Cl)CC2)n1. The van der Waals surface area contributed by atoms with E-state index in [1.807, 2.05) is 31.1 Å². The van der Waals surface area contributed by atoms with E-state index in [1.54, 1.807) is 18.5 Å². The van der Waals surface area contributed by atoms with E-state index in [-0.39, 0.29) is 0 Å². The van der Waals surface area contributed by atoms with Gasteiger partial charge in [-0.25, -0.2) is 9.97 Å². The molecule has 24 heavy (non-hydrogen) atoms. The molecule has 1 aliphatic heterocycles. The van der Waals surface area contributed by atoms with Crippen LogP contribution in [0.15, 0.2) is 24.5 Å². The Hall–Kier alpha value is -2.59. The van der Waals surface area contributed by atoms with Gasteiger partial charge in [-0.3, -0.25) is 0 Å². The van der Waals surface area contributed by atoms with Crippen molar-refractivity contribution in [3.05, 3.63) is 35.1 Å². The first-order valence-electron chi connectivity index (χ1n) is 7.64. The molecule has 2 aromatic heterocycles. The smallest absolute Gasteiger partial charge is 0.227 e. The fourth-order valence-electron chi connectivity index (χ4n) is 2.58. The molecule has 0 aromatic carbocycles. The lowest BCUT2D eigenvalue weighted by molar-refractivity contribution is 0.634. The molecule has 1 fully saturated rings. The normalized spacial score (nSPS) is 14.4. The van der Waals surface area contributed by atoms with Crippen molar-refractivity contribution in [3.8, 4) is 6.07 Å². The minimum atomic E-state index is 0.469. The van der Waals surface area contributed by atoms with Crippen molar-refractivity contribution in [3.63, 3.8) is 0 Å². The van der Waals surface area contributed by atoms with E-state index in [2.05, 4.69) is 24.8 Å². The highest BCUT2D eigenvalue weighted by molar-refractivity contribution is 6.33. The number of hydrogen-bond acceptors (Lipinski definition) is 7. The number of nitriles is 1. The van der Waals surface area contributed by atoms with Gasteiger partial charge in [0, 0.05) is 52.7 Å². The van der Waals surface area contributed by atoms with Crippen LogP contribution in [-0.4, -0.2) is 55.2 Å². The predicted molar refractivity (Wildman–Crippen MR) is 94.7 cm³/mol. The Bertz CT molecular complexity index is 763. The number of piperazine rings is 1. The molecule has 0 unspecified atom stereocenters. The Morgan fingerprint density at radius 2 is 1.88 bits per heavy atom. The lowest BCUT2D eigenvalue weighted by Gasteiger charge is -2.35. The molecule has 0 spiro atoms. The maximum absolute atomic E-state index is 8.90. The zero-order chi connectivity index (χ0) is 17.1. The van der Waals surface area contributed by atoms with Crippen LogP contribution in [0.25, 0.3) is 0 Å². The summed E-state index contributed by atoms with van der Waals surface area (Å²) in [6.07, 6.45) is 3.33. The van der Waals surface area contributed by atoms with Crippen molar-refractivity contribution in [1.82, 2.24) is 15.0 Å². The second kappa shape index (κ2) is 6.89. The number of nitrogens with zero attached hydrogens (tertiary/aromatic N) is 7. The lowest BCUT2D eigenvalue weighted by atomic mass is 10.2. The molecular formula is C16H18ClN7. The third-order valence-corrected chi connectivity index (χ3v) is 4.18.